The van der Waals surface area contributed by atoms with Gasteiger partial charge < -0.3 is 15.3 Å². The van der Waals surface area contributed by atoms with Gasteiger partial charge in [0.2, 0.25) is 10.0 Å². The zero-order valence-electron chi connectivity index (χ0n) is 18.6. The smallest absolute Gasteiger partial charge is 0.317 e. The van der Waals surface area contributed by atoms with Crippen LogP contribution < -0.4 is 5.32 Å². The fourth-order valence-corrected chi connectivity index (χ4v) is 8.16. The summed E-state index contributed by atoms with van der Waals surface area (Å²) in [5.74, 6) is -0.285. The second kappa shape index (κ2) is 8.74. The number of likely N-dealkylation sites (tertiary alicyclic amines) is 1. The standard InChI is InChI=1S/C25H31N3O4S/c29-15-22-23(20-11-5-2-6-12-20)25(17-27(18-25)24(30)26-21-13-7-8-14-21)28(22)33(31,32)16-19-9-3-1-4-10-19/h1-6,9-12,21-23,29H,7-8,13-18H2,(H,26,30)/t22-,23-/m1/s1. The normalized spacial score (nSPS) is 24.9. The first-order valence-electron chi connectivity index (χ1n) is 11.7. The van der Waals surface area contributed by atoms with E-state index in [0.717, 1.165) is 31.2 Å². The summed E-state index contributed by atoms with van der Waals surface area (Å²) in [6.45, 7) is 0.398. The second-order valence-electron chi connectivity index (χ2n) is 9.57. The van der Waals surface area contributed by atoms with E-state index in [1.54, 1.807) is 17.0 Å². The third kappa shape index (κ3) is 3.94. The number of carbonyl (C=O) groups excluding carboxylic acids is 1. The summed E-state index contributed by atoms with van der Waals surface area (Å²) in [7, 11) is -3.70. The number of hydrogen-bond donors (Lipinski definition) is 2. The van der Waals surface area contributed by atoms with E-state index in [1.165, 1.54) is 4.31 Å². The Morgan fingerprint density at radius 3 is 2.21 bits per heavy atom. The lowest BCUT2D eigenvalue weighted by molar-refractivity contribution is -0.126. The molecule has 7 nitrogen and oxygen atoms in total. The van der Waals surface area contributed by atoms with E-state index in [1.807, 2.05) is 48.5 Å². The molecule has 8 heteroatoms. The molecule has 3 fully saturated rings. The van der Waals surface area contributed by atoms with Gasteiger partial charge in [-0.2, -0.15) is 4.31 Å². The first kappa shape index (κ1) is 22.4. The van der Waals surface area contributed by atoms with Crippen LogP contribution in [0.5, 0.6) is 0 Å². The monoisotopic (exact) mass is 469 g/mol. The van der Waals surface area contributed by atoms with Crippen molar-refractivity contribution < 1.29 is 18.3 Å². The summed E-state index contributed by atoms with van der Waals surface area (Å²) in [5, 5.41) is 13.3. The summed E-state index contributed by atoms with van der Waals surface area (Å²) < 4.78 is 28.7. The van der Waals surface area contributed by atoms with Crippen molar-refractivity contribution in [2.45, 2.75) is 55.0 Å². The maximum atomic E-state index is 13.6. The Labute approximate surface area is 195 Å². The first-order valence-corrected chi connectivity index (χ1v) is 13.3. The molecule has 3 aliphatic rings. The topological polar surface area (TPSA) is 90.0 Å². The number of aliphatic hydroxyl groups excluding tert-OH is 1. The number of carbonyl (C=O) groups is 1. The average Bonchev–Trinajstić information content (AvgIpc) is 3.26. The van der Waals surface area contributed by atoms with Crippen molar-refractivity contribution in [1.82, 2.24) is 14.5 Å². The van der Waals surface area contributed by atoms with Crippen LogP contribution in [0, 0.1) is 0 Å². The lowest BCUT2D eigenvalue weighted by Gasteiger charge is -2.69. The Balaban J connectivity index is 1.41. The van der Waals surface area contributed by atoms with Gasteiger partial charge in [0.05, 0.1) is 23.9 Å². The number of urea groups is 1. The van der Waals surface area contributed by atoms with E-state index in [4.69, 9.17) is 0 Å². The maximum Gasteiger partial charge on any atom is 0.317 e. The fourth-order valence-electron chi connectivity index (χ4n) is 6.02. The SMILES string of the molecule is O=C(NC1CCCC1)N1CC2(C1)[C@H](c1ccccc1)[C@@H](CO)N2S(=O)(=O)Cc1ccccc1. The Kier molecular flexibility index (Phi) is 5.93. The fraction of sp³-hybridized carbons (Fsp3) is 0.480. The quantitative estimate of drug-likeness (QED) is 0.681. The van der Waals surface area contributed by atoms with Crippen molar-refractivity contribution in [1.29, 1.82) is 0 Å². The Bertz CT molecular complexity index is 1080. The molecule has 1 spiro atoms. The van der Waals surface area contributed by atoms with Crippen LogP contribution in [-0.4, -0.2) is 66.1 Å². The van der Waals surface area contributed by atoms with Crippen molar-refractivity contribution in [3.63, 3.8) is 0 Å². The molecular formula is C25H31N3O4S. The minimum atomic E-state index is -3.70. The van der Waals surface area contributed by atoms with Crippen LogP contribution in [0.2, 0.25) is 0 Å². The van der Waals surface area contributed by atoms with Gasteiger partial charge in [-0.15, -0.1) is 0 Å². The van der Waals surface area contributed by atoms with Crippen molar-refractivity contribution in [3.05, 3.63) is 71.8 Å². The molecular weight excluding hydrogens is 438 g/mol. The molecule has 176 valence electrons. The van der Waals surface area contributed by atoms with Crippen LogP contribution in [0.15, 0.2) is 60.7 Å². The number of hydrogen-bond acceptors (Lipinski definition) is 4. The molecule has 33 heavy (non-hydrogen) atoms. The molecule has 2 saturated heterocycles. The molecule has 2 aromatic rings. The van der Waals surface area contributed by atoms with Crippen molar-refractivity contribution in [2.75, 3.05) is 19.7 Å². The molecule has 2 N–H and O–H groups in total. The number of nitrogens with one attached hydrogen (secondary N) is 1. The molecule has 2 amide bonds. The van der Waals surface area contributed by atoms with E-state index in [-0.39, 0.29) is 30.4 Å². The predicted octanol–water partition coefficient (Wildman–Crippen LogP) is 2.68. The van der Waals surface area contributed by atoms with Crippen LogP contribution in [0.1, 0.15) is 42.7 Å². The van der Waals surface area contributed by atoms with E-state index in [9.17, 15) is 18.3 Å². The van der Waals surface area contributed by atoms with Gasteiger partial charge in [-0.3, -0.25) is 0 Å². The number of sulfonamides is 1. The minimum absolute atomic E-state index is 0.118. The Hall–Kier alpha value is -2.42. The average molecular weight is 470 g/mol. The molecule has 0 bridgehead atoms. The van der Waals surface area contributed by atoms with E-state index in [2.05, 4.69) is 5.32 Å². The van der Waals surface area contributed by atoms with Crippen LogP contribution >= 0.6 is 0 Å². The molecule has 5 rings (SSSR count). The molecule has 2 atom stereocenters. The van der Waals surface area contributed by atoms with Crippen LogP contribution in [0.3, 0.4) is 0 Å². The maximum absolute atomic E-state index is 13.6. The van der Waals surface area contributed by atoms with E-state index >= 15 is 0 Å². The van der Waals surface area contributed by atoms with Gasteiger partial charge in [-0.25, -0.2) is 13.2 Å². The van der Waals surface area contributed by atoms with Gasteiger partial charge in [0.15, 0.2) is 0 Å². The molecule has 1 aliphatic carbocycles. The van der Waals surface area contributed by atoms with Crippen molar-refractivity contribution in [3.8, 4) is 0 Å². The van der Waals surface area contributed by atoms with Crippen molar-refractivity contribution in [2.24, 2.45) is 0 Å². The summed E-state index contributed by atoms with van der Waals surface area (Å²) >= 11 is 0. The van der Waals surface area contributed by atoms with Gasteiger partial charge >= 0.3 is 6.03 Å². The molecule has 1 saturated carbocycles. The highest BCUT2D eigenvalue weighted by molar-refractivity contribution is 7.88. The minimum Gasteiger partial charge on any atom is -0.395 e. The lowest BCUT2D eigenvalue weighted by atomic mass is 9.63. The largest absolute Gasteiger partial charge is 0.395 e. The summed E-state index contributed by atoms with van der Waals surface area (Å²) in [6, 6.07) is 18.4. The molecule has 0 aromatic heterocycles. The highest BCUT2D eigenvalue weighted by atomic mass is 32.2. The molecule has 0 unspecified atom stereocenters. The van der Waals surface area contributed by atoms with Crippen molar-refractivity contribution >= 4 is 16.1 Å². The van der Waals surface area contributed by atoms with Gasteiger partial charge in [-0.05, 0) is 24.0 Å². The third-order valence-electron chi connectivity index (χ3n) is 7.44. The Morgan fingerprint density at radius 1 is 1.00 bits per heavy atom. The predicted molar refractivity (Wildman–Crippen MR) is 126 cm³/mol. The number of rotatable bonds is 6. The summed E-state index contributed by atoms with van der Waals surface area (Å²) in [4.78, 5) is 14.6. The highest BCUT2D eigenvalue weighted by Crippen LogP contribution is 2.55. The third-order valence-corrected chi connectivity index (χ3v) is 9.37. The number of aliphatic hydroxyl groups is 1. The summed E-state index contributed by atoms with van der Waals surface area (Å²) in [6.07, 6.45) is 4.27. The van der Waals surface area contributed by atoms with Crippen LogP contribution in [0.25, 0.3) is 0 Å². The summed E-state index contributed by atoms with van der Waals surface area (Å²) in [5.41, 5.74) is 0.983. The molecule has 2 aromatic carbocycles. The number of nitrogens with zero attached hydrogens (tertiary/aromatic N) is 2. The van der Waals surface area contributed by atoms with Gasteiger partial charge in [0, 0.05) is 25.0 Å². The number of amides is 2. The number of benzene rings is 2. The van der Waals surface area contributed by atoms with Crippen LogP contribution in [-0.2, 0) is 15.8 Å². The van der Waals surface area contributed by atoms with E-state index in [0.29, 0.717) is 18.7 Å². The highest BCUT2D eigenvalue weighted by Gasteiger charge is 2.70. The zero-order valence-corrected chi connectivity index (χ0v) is 19.5. The van der Waals surface area contributed by atoms with Gasteiger partial charge in [-0.1, -0.05) is 73.5 Å². The molecule has 0 radical (unpaired) electrons. The zero-order chi connectivity index (χ0) is 23.1. The molecule has 2 aliphatic heterocycles. The lowest BCUT2D eigenvalue weighted by Crippen LogP contribution is -2.86. The second-order valence-corrected chi connectivity index (χ2v) is 11.4. The first-order chi connectivity index (χ1) is 15.9. The van der Waals surface area contributed by atoms with Gasteiger partial charge in [0.1, 0.15) is 0 Å². The van der Waals surface area contributed by atoms with Gasteiger partial charge in [0.25, 0.3) is 0 Å². The van der Waals surface area contributed by atoms with Crippen LogP contribution in [0.4, 0.5) is 4.79 Å². The Morgan fingerprint density at radius 2 is 1.61 bits per heavy atom. The molecule has 2 heterocycles. The van der Waals surface area contributed by atoms with E-state index < -0.39 is 21.6 Å².